The van der Waals surface area contributed by atoms with Gasteiger partial charge in [0.2, 0.25) is 0 Å². The third-order valence-electron chi connectivity index (χ3n) is 6.80. The number of hydrogen-bond donors (Lipinski definition) is 1. The van der Waals surface area contributed by atoms with E-state index in [4.69, 9.17) is 22.1 Å². The van der Waals surface area contributed by atoms with E-state index in [1.54, 1.807) is 29.2 Å². The van der Waals surface area contributed by atoms with Crippen molar-refractivity contribution >= 4 is 28.9 Å². The Morgan fingerprint density at radius 2 is 1.91 bits per heavy atom. The molecule has 4 rings (SSSR count). The minimum absolute atomic E-state index is 0.0956. The largest absolute Gasteiger partial charge is 0.476 e. The van der Waals surface area contributed by atoms with Gasteiger partial charge < -0.3 is 20.3 Å². The van der Waals surface area contributed by atoms with Gasteiger partial charge in [0.05, 0.1) is 34.4 Å². The number of halogens is 2. The van der Waals surface area contributed by atoms with E-state index >= 15 is 0 Å². The molecule has 2 heterocycles. The molecule has 2 N–H and O–H groups in total. The number of nitrogens with two attached hydrogens (primary N) is 1. The van der Waals surface area contributed by atoms with Gasteiger partial charge in [-0.15, -0.1) is 0 Å². The molecule has 0 aliphatic carbocycles. The van der Waals surface area contributed by atoms with Crippen LogP contribution in [0.25, 0.3) is 0 Å². The van der Waals surface area contributed by atoms with Crippen LogP contribution in [0.4, 0.5) is 15.8 Å². The minimum Gasteiger partial charge on any atom is -0.476 e. The van der Waals surface area contributed by atoms with Gasteiger partial charge in [-0.2, -0.15) is 5.26 Å². The van der Waals surface area contributed by atoms with Crippen molar-refractivity contribution in [2.45, 2.75) is 51.7 Å². The van der Waals surface area contributed by atoms with Crippen molar-refractivity contribution in [3.8, 4) is 11.8 Å². The molecule has 0 aromatic heterocycles. The van der Waals surface area contributed by atoms with E-state index in [9.17, 15) is 14.4 Å². The van der Waals surface area contributed by atoms with Gasteiger partial charge in [-0.1, -0.05) is 23.7 Å². The molecule has 180 valence electrons. The van der Waals surface area contributed by atoms with E-state index in [2.05, 4.69) is 31.7 Å². The monoisotopic (exact) mass is 484 g/mol. The van der Waals surface area contributed by atoms with E-state index in [1.165, 1.54) is 12.1 Å². The van der Waals surface area contributed by atoms with Crippen molar-refractivity contribution in [1.82, 2.24) is 4.90 Å². The highest BCUT2D eigenvalue weighted by Crippen LogP contribution is 2.42. The number of amides is 1. The summed E-state index contributed by atoms with van der Waals surface area (Å²) in [5.74, 6) is 0.153. The number of likely N-dealkylation sites (tertiary alicyclic amines) is 1. The summed E-state index contributed by atoms with van der Waals surface area (Å²) < 4.78 is 19.4. The van der Waals surface area contributed by atoms with Crippen LogP contribution in [-0.2, 0) is 11.2 Å². The molecule has 1 fully saturated rings. The van der Waals surface area contributed by atoms with Crippen molar-refractivity contribution in [1.29, 1.82) is 5.26 Å². The number of nitriles is 1. The Kier molecular flexibility index (Phi) is 6.39. The predicted molar refractivity (Wildman–Crippen MR) is 131 cm³/mol. The van der Waals surface area contributed by atoms with Crippen LogP contribution in [0.1, 0.15) is 39.2 Å². The number of carbonyl (C=O) groups is 1. The first-order valence-corrected chi connectivity index (χ1v) is 11.9. The van der Waals surface area contributed by atoms with Gasteiger partial charge in [-0.3, -0.25) is 4.79 Å². The lowest BCUT2D eigenvalue weighted by Crippen LogP contribution is -2.56. The van der Waals surface area contributed by atoms with Crippen molar-refractivity contribution in [3.05, 3.63) is 52.8 Å². The lowest BCUT2D eigenvalue weighted by Gasteiger charge is -2.45. The first kappa shape index (κ1) is 24.2. The molecule has 0 radical (unpaired) electrons. The van der Waals surface area contributed by atoms with Crippen LogP contribution in [0.5, 0.6) is 5.75 Å². The third kappa shape index (κ3) is 4.78. The van der Waals surface area contributed by atoms with Crippen LogP contribution in [0.15, 0.2) is 36.4 Å². The first-order valence-electron chi connectivity index (χ1n) is 11.5. The van der Waals surface area contributed by atoms with Crippen molar-refractivity contribution in [3.63, 3.8) is 0 Å². The normalized spacial score (nSPS) is 19.7. The van der Waals surface area contributed by atoms with E-state index in [-0.39, 0.29) is 17.3 Å². The maximum Gasteiger partial charge on any atom is 0.265 e. The summed E-state index contributed by atoms with van der Waals surface area (Å²) in [5, 5.41) is 10.4. The van der Waals surface area contributed by atoms with Crippen molar-refractivity contribution in [2.24, 2.45) is 5.41 Å². The zero-order valence-corrected chi connectivity index (χ0v) is 20.5. The second-order valence-electron chi connectivity index (χ2n) is 10.3. The number of nitrogens with zero attached hydrogens (tertiary/aromatic N) is 3. The molecule has 2 aliphatic rings. The van der Waals surface area contributed by atoms with E-state index in [0.29, 0.717) is 55.4 Å². The molecule has 1 atom stereocenters. The molecule has 1 unspecified atom stereocenters. The van der Waals surface area contributed by atoms with E-state index < -0.39 is 11.5 Å². The van der Waals surface area contributed by atoms with Crippen LogP contribution in [-0.4, -0.2) is 42.1 Å². The standard InChI is InChI=1S/C26H30ClFN4O2/c1-25(2,3)32-15-23(34-22-13-20(30)19(27)12-21(22)32)24(33)31-10-8-26(16-29,9-11-31)14-17-4-6-18(28)7-5-17/h4-7,12-13,23H,8-11,14-15,30H2,1-3H3. The average molecular weight is 485 g/mol. The SMILES string of the molecule is CC(C)(C)N1CC(C(=O)N2CCC(C#N)(Cc3ccc(F)cc3)CC2)Oc2cc(N)c(Cl)cc21. The molecule has 0 saturated carbocycles. The van der Waals surface area contributed by atoms with Crippen molar-refractivity contribution in [2.75, 3.05) is 30.3 Å². The van der Waals surface area contributed by atoms with Crippen LogP contribution >= 0.6 is 11.6 Å². The number of benzene rings is 2. The van der Waals surface area contributed by atoms with Crippen LogP contribution in [0.2, 0.25) is 5.02 Å². The molecular formula is C26H30ClFN4O2. The number of anilines is 2. The van der Waals surface area contributed by atoms with Crippen LogP contribution in [0, 0.1) is 22.6 Å². The highest BCUT2D eigenvalue weighted by molar-refractivity contribution is 6.33. The fourth-order valence-corrected chi connectivity index (χ4v) is 4.92. The van der Waals surface area contributed by atoms with Gasteiger partial charge in [0.25, 0.3) is 5.91 Å². The summed E-state index contributed by atoms with van der Waals surface area (Å²) in [4.78, 5) is 17.4. The van der Waals surface area contributed by atoms with E-state index in [1.807, 2.05) is 0 Å². The summed E-state index contributed by atoms with van der Waals surface area (Å²) in [6.45, 7) is 7.56. The Morgan fingerprint density at radius 3 is 2.50 bits per heavy atom. The Balaban J connectivity index is 1.48. The second-order valence-corrected chi connectivity index (χ2v) is 10.7. The van der Waals surface area contributed by atoms with Crippen LogP contribution < -0.4 is 15.4 Å². The Labute approximate surface area is 205 Å². The summed E-state index contributed by atoms with van der Waals surface area (Å²) in [5.41, 5.74) is 7.31. The van der Waals surface area contributed by atoms with E-state index in [0.717, 1.165) is 11.3 Å². The lowest BCUT2D eigenvalue weighted by molar-refractivity contribution is -0.140. The summed E-state index contributed by atoms with van der Waals surface area (Å²) in [7, 11) is 0. The summed E-state index contributed by atoms with van der Waals surface area (Å²) in [6, 6.07) is 12.2. The molecule has 34 heavy (non-hydrogen) atoms. The average Bonchev–Trinajstić information content (AvgIpc) is 2.80. The number of hydrogen-bond acceptors (Lipinski definition) is 5. The zero-order valence-electron chi connectivity index (χ0n) is 19.8. The smallest absolute Gasteiger partial charge is 0.265 e. The Morgan fingerprint density at radius 1 is 1.26 bits per heavy atom. The second kappa shape index (κ2) is 8.99. The number of carbonyl (C=O) groups excluding carboxylic acids is 1. The van der Waals surface area contributed by atoms with Gasteiger partial charge in [0.15, 0.2) is 6.10 Å². The molecule has 0 bridgehead atoms. The van der Waals surface area contributed by atoms with Gasteiger partial charge in [-0.05, 0) is 63.8 Å². The number of fused-ring (bicyclic) bond motifs is 1. The third-order valence-corrected chi connectivity index (χ3v) is 7.12. The molecule has 2 aromatic rings. The first-order chi connectivity index (χ1) is 16.0. The van der Waals surface area contributed by atoms with Gasteiger partial charge in [0, 0.05) is 24.7 Å². The van der Waals surface area contributed by atoms with Gasteiger partial charge >= 0.3 is 0 Å². The maximum absolute atomic E-state index is 13.5. The highest BCUT2D eigenvalue weighted by Gasteiger charge is 2.41. The van der Waals surface area contributed by atoms with Crippen molar-refractivity contribution < 1.29 is 13.9 Å². The molecule has 1 amide bonds. The Hall–Kier alpha value is -2.98. The highest BCUT2D eigenvalue weighted by atomic mass is 35.5. The molecule has 2 aromatic carbocycles. The molecule has 6 nitrogen and oxygen atoms in total. The summed E-state index contributed by atoms with van der Waals surface area (Å²) in [6.07, 6.45) is 0.971. The quantitative estimate of drug-likeness (QED) is 0.632. The molecule has 2 aliphatic heterocycles. The Bertz CT molecular complexity index is 1120. The molecule has 1 saturated heterocycles. The van der Waals surface area contributed by atoms with Crippen LogP contribution in [0.3, 0.4) is 0 Å². The molecule has 8 heteroatoms. The fraction of sp³-hybridized carbons (Fsp3) is 0.462. The number of ether oxygens (including phenoxy) is 1. The topological polar surface area (TPSA) is 82.6 Å². The molecule has 0 spiro atoms. The predicted octanol–water partition coefficient (Wildman–Crippen LogP) is 4.80. The van der Waals surface area contributed by atoms with Gasteiger partial charge in [0.1, 0.15) is 11.6 Å². The number of nitrogen functional groups attached to an aromatic ring is 1. The molecular weight excluding hydrogens is 455 g/mol. The number of piperidine rings is 1. The zero-order chi connectivity index (χ0) is 24.7. The lowest BCUT2D eigenvalue weighted by atomic mass is 9.75. The summed E-state index contributed by atoms with van der Waals surface area (Å²) >= 11 is 6.26. The number of rotatable bonds is 3. The minimum atomic E-state index is -0.681. The maximum atomic E-state index is 13.5. The van der Waals surface area contributed by atoms with Gasteiger partial charge in [-0.25, -0.2) is 4.39 Å². The fourth-order valence-electron chi connectivity index (χ4n) is 4.76.